The molecule has 2 amide bonds. The first kappa shape index (κ1) is 23.7. The summed E-state index contributed by atoms with van der Waals surface area (Å²) in [6, 6.07) is 6.09. The van der Waals surface area contributed by atoms with Crippen LogP contribution in [0.4, 0.5) is 15.3 Å². The van der Waals surface area contributed by atoms with E-state index < -0.39 is 17.7 Å². The predicted octanol–water partition coefficient (Wildman–Crippen LogP) is 6.16. The average Bonchev–Trinajstić information content (AvgIpc) is 3.07. The molecule has 1 aromatic rings. The Bertz CT molecular complexity index is 927. The number of nitrogens with zero attached hydrogens (tertiary/aromatic N) is 2. The number of benzene rings is 1. The van der Waals surface area contributed by atoms with Gasteiger partial charge in [0, 0.05) is 45.6 Å². The summed E-state index contributed by atoms with van der Waals surface area (Å²) in [6.07, 6.45) is -1.96. The van der Waals surface area contributed by atoms with Crippen molar-refractivity contribution >= 4 is 64.4 Å². The zero-order valence-electron chi connectivity index (χ0n) is 18.6. The largest absolute Gasteiger partial charge is 0.445 e. The van der Waals surface area contributed by atoms with Gasteiger partial charge in [0.05, 0.1) is 22.0 Å². The molecule has 0 saturated carbocycles. The second kappa shape index (κ2) is 8.91. The molecule has 0 spiro atoms. The lowest BCUT2D eigenvalue weighted by Gasteiger charge is -2.36. The highest BCUT2D eigenvalue weighted by molar-refractivity contribution is 8.23. The number of ether oxygens (including phenoxy) is 2. The summed E-state index contributed by atoms with van der Waals surface area (Å²) in [5, 5.41) is 3.50. The third-order valence-electron chi connectivity index (χ3n) is 4.38. The van der Waals surface area contributed by atoms with E-state index >= 15 is 0 Å². The Balaban J connectivity index is 2.09. The van der Waals surface area contributed by atoms with Gasteiger partial charge in [-0.05, 0) is 60.1 Å². The fourth-order valence-electron chi connectivity index (χ4n) is 3.07. The summed E-state index contributed by atoms with van der Waals surface area (Å²) in [7, 11) is 0. The van der Waals surface area contributed by atoms with Crippen molar-refractivity contribution in [3.8, 4) is 0 Å². The van der Waals surface area contributed by atoms with Gasteiger partial charge >= 0.3 is 12.2 Å². The highest BCUT2D eigenvalue weighted by Crippen LogP contribution is 2.52. The predicted molar refractivity (Wildman–Crippen MR) is 130 cm³/mol. The summed E-state index contributed by atoms with van der Waals surface area (Å²) >= 11 is 8.07. The first-order chi connectivity index (χ1) is 14.4. The van der Waals surface area contributed by atoms with Crippen LogP contribution in [0.15, 0.2) is 22.4 Å². The van der Waals surface area contributed by atoms with Crippen LogP contribution in [0, 0.1) is 6.92 Å². The Labute approximate surface area is 197 Å². The maximum Gasteiger partial charge on any atom is 0.441 e. The second-order valence-electron chi connectivity index (χ2n) is 8.38. The lowest BCUT2D eigenvalue weighted by atomic mass is 9.85. The Hall–Kier alpha value is -1.91. The lowest BCUT2D eigenvalue weighted by molar-refractivity contribution is 0.0471. The molecule has 168 valence electrons. The Morgan fingerprint density at radius 1 is 1.03 bits per heavy atom. The molecule has 0 aromatic heterocycles. The van der Waals surface area contributed by atoms with Gasteiger partial charge in [0.1, 0.15) is 0 Å². The van der Waals surface area contributed by atoms with Gasteiger partial charge in [0.25, 0.3) is 0 Å². The third-order valence-corrected chi connectivity index (χ3v) is 7.36. The first-order valence-corrected chi connectivity index (χ1v) is 11.9. The minimum Gasteiger partial charge on any atom is -0.445 e. The van der Waals surface area contributed by atoms with E-state index in [1.165, 1.54) is 8.83 Å². The van der Waals surface area contributed by atoms with Crippen LogP contribution in [0.2, 0.25) is 0 Å². The zero-order valence-corrected chi connectivity index (χ0v) is 21.1. The number of carbonyl (C=O) groups excluding carboxylic acids is 2. The molecular weight excluding hydrogens is 454 g/mol. The van der Waals surface area contributed by atoms with Gasteiger partial charge in [-0.3, -0.25) is 0 Å². The van der Waals surface area contributed by atoms with Crippen LogP contribution >= 0.6 is 36.1 Å². The fraction of sp³-hybridized carbons (Fsp3) is 0.476. The van der Waals surface area contributed by atoms with Gasteiger partial charge in [-0.1, -0.05) is 24.4 Å². The molecule has 1 aromatic carbocycles. The number of fused-ring (bicyclic) bond motifs is 1. The van der Waals surface area contributed by atoms with Gasteiger partial charge < -0.3 is 14.8 Å². The average molecular weight is 482 g/mol. The van der Waals surface area contributed by atoms with Crippen molar-refractivity contribution in [2.75, 3.05) is 5.32 Å². The van der Waals surface area contributed by atoms with Crippen molar-refractivity contribution in [2.24, 2.45) is 0 Å². The minimum absolute atomic E-state index is 0.333. The van der Waals surface area contributed by atoms with E-state index in [4.69, 9.17) is 21.7 Å². The molecule has 1 N–H and O–H groups in total. The second-order valence-corrected chi connectivity index (χ2v) is 10.9. The normalized spacial score (nSPS) is 17.8. The van der Waals surface area contributed by atoms with Crippen LogP contribution in [0.25, 0.3) is 5.57 Å². The highest BCUT2D eigenvalue weighted by atomic mass is 32.2. The molecule has 0 aliphatic carbocycles. The molecule has 31 heavy (non-hydrogen) atoms. The maximum atomic E-state index is 12.7. The van der Waals surface area contributed by atoms with Crippen molar-refractivity contribution in [3.63, 3.8) is 0 Å². The van der Waals surface area contributed by atoms with E-state index in [0.29, 0.717) is 9.10 Å². The SMILES string of the molecule is Cc1ccc2c(c1)NC(C)(C)C(=S)C2=C1SN(C(=O)OC(C)C)N(C(=O)OC(C)C)S1. The summed E-state index contributed by atoms with van der Waals surface area (Å²) in [4.78, 5) is 26.2. The molecule has 2 aliphatic rings. The molecule has 10 heteroatoms. The number of rotatable bonds is 2. The van der Waals surface area contributed by atoms with Gasteiger partial charge in [-0.15, -0.1) is 8.83 Å². The monoisotopic (exact) mass is 481 g/mol. The Morgan fingerprint density at radius 3 is 2.03 bits per heavy atom. The summed E-state index contributed by atoms with van der Waals surface area (Å²) in [5.74, 6) is 0. The lowest BCUT2D eigenvalue weighted by Crippen LogP contribution is -2.43. The molecule has 2 heterocycles. The van der Waals surface area contributed by atoms with E-state index in [2.05, 4.69) is 11.4 Å². The Kier molecular flexibility index (Phi) is 6.83. The molecular formula is C21H27N3O4S3. The molecule has 1 saturated heterocycles. The van der Waals surface area contributed by atoms with Crippen LogP contribution in [-0.4, -0.2) is 43.6 Å². The molecule has 1 fully saturated rings. The number of nitrogens with one attached hydrogen (secondary N) is 1. The topological polar surface area (TPSA) is 71.1 Å². The molecule has 3 rings (SSSR count). The fourth-order valence-corrected chi connectivity index (χ4v) is 5.65. The van der Waals surface area contributed by atoms with Crippen LogP contribution in [0.5, 0.6) is 0 Å². The number of anilines is 1. The van der Waals surface area contributed by atoms with E-state index in [1.807, 2.05) is 32.9 Å². The summed E-state index contributed by atoms with van der Waals surface area (Å²) in [6.45, 7) is 13.1. The van der Waals surface area contributed by atoms with Crippen LogP contribution in [0.1, 0.15) is 52.7 Å². The van der Waals surface area contributed by atoms with E-state index in [9.17, 15) is 9.59 Å². The smallest absolute Gasteiger partial charge is 0.441 e. The van der Waals surface area contributed by atoms with Crippen molar-refractivity contribution in [3.05, 3.63) is 33.6 Å². The summed E-state index contributed by atoms with van der Waals surface area (Å²) < 4.78 is 13.8. The van der Waals surface area contributed by atoms with Crippen molar-refractivity contribution < 1.29 is 19.1 Å². The number of carbonyl (C=O) groups is 2. The summed E-state index contributed by atoms with van der Waals surface area (Å²) in [5.41, 5.74) is 3.36. The molecule has 2 aliphatic heterocycles. The molecule has 0 radical (unpaired) electrons. The van der Waals surface area contributed by atoms with Crippen LogP contribution in [0.3, 0.4) is 0 Å². The van der Waals surface area contributed by atoms with E-state index in [-0.39, 0.29) is 12.2 Å². The number of aryl methyl sites for hydroxylation is 1. The highest BCUT2D eigenvalue weighted by Gasteiger charge is 2.44. The maximum absolute atomic E-state index is 12.7. The number of hydrogen-bond donors (Lipinski definition) is 1. The molecule has 7 nitrogen and oxygen atoms in total. The van der Waals surface area contributed by atoms with Crippen molar-refractivity contribution in [2.45, 2.75) is 66.2 Å². The third kappa shape index (κ3) is 4.96. The van der Waals surface area contributed by atoms with Crippen molar-refractivity contribution in [1.29, 1.82) is 0 Å². The van der Waals surface area contributed by atoms with Crippen LogP contribution in [-0.2, 0) is 9.47 Å². The first-order valence-electron chi connectivity index (χ1n) is 9.96. The standard InChI is InChI=1S/C21H27N3O4S3/c1-11(2)27-19(25)23-24(20(26)28-12(3)4)31-18(30-23)16-14-9-8-13(5)10-15(14)22-21(6,7)17(16)29/h8-12,22H,1-7H3. The number of thiocarbonyl (C=S) groups is 1. The number of amides is 2. The molecule has 0 bridgehead atoms. The van der Waals surface area contributed by atoms with Crippen LogP contribution < -0.4 is 5.32 Å². The quantitative estimate of drug-likeness (QED) is 0.306. The van der Waals surface area contributed by atoms with Crippen molar-refractivity contribution in [1.82, 2.24) is 8.83 Å². The molecule has 0 unspecified atom stereocenters. The minimum atomic E-state index is -0.646. The van der Waals surface area contributed by atoms with Gasteiger partial charge in [-0.25, -0.2) is 9.59 Å². The Morgan fingerprint density at radius 2 is 1.55 bits per heavy atom. The van der Waals surface area contributed by atoms with E-state index in [1.54, 1.807) is 27.7 Å². The van der Waals surface area contributed by atoms with Gasteiger partial charge in [-0.2, -0.15) is 0 Å². The number of hydrogen-bond acceptors (Lipinski definition) is 8. The van der Waals surface area contributed by atoms with E-state index in [0.717, 1.165) is 46.3 Å². The zero-order chi connectivity index (χ0) is 23.1. The van der Waals surface area contributed by atoms with Gasteiger partial charge in [0.15, 0.2) is 0 Å². The molecule has 0 atom stereocenters. The van der Waals surface area contributed by atoms with Gasteiger partial charge in [0.2, 0.25) is 0 Å². The number of hydrazine groups is 1.